The van der Waals surface area contributed by atoms with Gasteiger partial charge in [0.15, 0.2) is 4.34 Å². The van der Waals surface area contributed by atoms with Crippen LogP contribution in [0.5, 0.6) is 0 Å². The number of rotatable bonds is 5. The first-order chi connectivity index (χ1) is 10.6. The molecule has 2 heterocycles. The molecular weight excluding hydrogens is 316 g/mol. The number of aromatic nitrogens is 3. The monoisotopic (exact) mass is 332 g/mol. The van der Waals surface area contributed by atoms with Crippen molar-refractivity contribution in [1.29, 1.82) is 0 Å². The Morgan fingerprint density at radius 2 is 1.91 bits per heavy atom. The summed E-state index contributed by atoms with van der Waals surface area (Å²) in [5.41, 5.74) is 4.32. The fourth-order valence-electron chi connectivity index (χ4n) is 1.92. The lowest BCUT2D eigenvalue weighted by Gasteiger charge is -2.01. The van der Waals surface area contributed by atoms with Crippen molar-refractivity contribution in [2.24, 2.45) is 0 Å². The van der Waals surface area contributed by atoms with Crippen molar-refractivity contribution >= 4 is 33.9 Å². The molecule has 0 aliphatic rings. The molecule has 0 aliphatic carbocycles. The molecule has 2 aromatic heterocycles. The normalized spacial score (nSPS) is 10.9. The average molecular weight is 332 g/mol. The van der Waals surface area contributed by atoms with E-state index in [4.69, 9.17) is 4.52 Å². The van der Waals surface area contributed by atoms with Crippen LogP contribution in [-0.2, 0) is 5.75 Å². The number of hydrogen-bond donors (Lipinski definition) is 1. The van der Waals surface area contributed by atoms with Crippen LogP contribution in [0.1, 0.15) is 22.6 Å². The fraction of sp³-hybridized carbons (Fsp3) is 0.267. The molecule has 0 unspecified atom stereocenters. The van der Waals surface area contributed by atoms with E-state index in [0.29, 0.717) is 0 Å². The summed E-state index contributed by atoms with van der Waals surface area (Å²) in [5, 5.41) is 16.4. The third-order valence-electron chi connectivity index (χ3n) is 3.23. The highest BCUT2D eigenvalue weighted by molar-refractivity contribution is 8.00. The van der Waals surface area contributed by atoms with E-state index in [1.165, 1.54) is 5.56 Å². The molecule has 0 atom stereocenters. The number of benzene rings is 1. The van der Waals surface area contributed by atoms with Gasteiger partial charge in [0.2, 0.25) is 5.13 Å². The van der Waals surface area contributed by atoms with Gasteiger partial charge in [-0.25, -0.2) is 0 Å². The van der Waals surface area contributed by atoms with E-state index in [0.717, 1.165) is 37.9 Å². The molecular formula is C15H16N4OS2. The lowest BCUT2D eigenvalue weighted by molar-refractivity contribution is 0.392. The van der Waals surface area contributed by atoms with E-state index < -0.39 is 0 Å². The molecule has 5 nitrogen and oxygen atoms in total. The summed E-state index contributed by atoms with van der Waals surface area (Å²) in [6, 6.07) is 8.20. The van der Waals surface area contributed by atoms with Crippen molar-refractivity contribution in [1.82, 2.24) is 15.4 Å². The van der Waals surface area contributed by atoms with E-state index in [2.05, 4.69) is 39.7 Å². The molecule has 0 fully saturated rings. The first-order valence-corrected chi connectivity index (χ1v) is 8.64. The second-order valence-electron chi connectivity index (χ2n) is 4.96. The summed E-state index contributed by atoms with van der Waals surface area (Å²) in [4.78, 5) is 0. The molecule has 0 saturated heterocycles. The second kappa shape index (κ2) is 6.50. The van der Waals surface area contributed by atoms with Crippen molar-refractivity contribution in [3.63, 3.8) is 0 Å². The maximum absolute atomic E-state index is 5.17. The van der Waals surface area contributed by atoms with Gasteiger partial charge in [-0.1, -0.05) is 46.0 Å². The third-order valence-corrected chi connectivity index (χ3v) is 5.23. The zero-order valence-corrected chi connectivity index (χ0v) is 14.2. The van der Waals surface area contributed by atoms with Crippen LogP contribution in [0.2, 0.25) is 0 Å². The lowest BCUT2D eigenvalue weighted by atomic mass is 10.2. The van der Waals surface area contributed by atoms with Crippen LogP contribution in [-0.4, -0.2) is 15.4 Å². The maximum Gasteiger partial charge on any atom is 0.210 e. The Labute approximate surface area is 137 Å². The van der Waals surface area contributed by atoms with Gasteiger partial charge in [-0.3, -0.25) is 0 Å². The minimum atomic E-state index is 0.792. The highest BCUT2D eigenvalue weighted by Crippen LogP contribution is 2.31. The van der Waals surface area contributed by atoms with Crippen LogP contribution in [0.25, 0.3) is 0 Å². The standard InChI is InChI=1S/C15H16N4OS2/c1-9-4-6-12(7-5-9)16-14-17-18-15(22-14)21-8-13-10(2)19-20-11(13)3/h4-7H,8H2,1-3H3,(H,16,17). The minimum absolute atomic E-state index is 0.792. The largest absolute Gasteiger partial charge is 0.361 e. The van der Waals surface area contributed by atoms with E-state index in [-0.39, 0.29) is 0 Å². The molecule has 0 aliphatic heterocycles. The van der Waals surface area contributed by atoms with Gasteiger partial charge in [0.05, 0.1) is 5.69 Å². The van der Waals surface area contributed by atoms with Crippen LogP contribution in [0.4, 0.5) is 10.8 Å². The predicted octanol–water partition coefficient (Wildman–Crippen LogP) is 4.49. The van der Waals surface area contributed by atoms with Crippen molar-refractivity contribution in [3.8, 4) is 0 Å². The molecule has 1 aromatic carbocycles. The molecule has 3 aromatic rings. The van der Waals surface area contributed by atoms with Gasteiger partial charge in [-0.05, 0) is 32.9 Å². The summed E-state index contributed by atoms with van der Waals surface area (Å²) in [6.07, 6.45) is 0. The van der Waals surface area contributed by atoms with Crippen molar-refractivity contribution in [2.75, 3.05) is 5.32 Å². The molecule has 0 saturated carbocycles. The summed E-state index contributed by atoms with van der Waals surface area (Å²) in [6.45, 7) is 5.95. The molecule has 7 heteroatoms. The zero-order chi connectivity index (χ0) is 15.5. The molecule has 114 valence electrons. The van der Waals surface area contributed by atoms with Gasteiger partial charge in [-0.2, -0.15) is 0 Å². The molecule has 0 spiro atoms. The lowest BCUT2D eigenvalue weighted by Crippen LogP contribution is -1.88. The average Bonchev–Trinajstić information content (AvgIpc) is 3.07. The summed E-state index contributed by atoms with van der Waals surface area (Å²) < 4.78 is 6.09. The fourth-order valence-corrected chi connectivity index (χ4v) is 3.85. The Hall–Kier alpha value is -1.86. The molecule has 1 N–H and O–H groups in total. The first kappa shape index (κ1) is 15.1. The van der Waals surface area contributed by atoms with E-state index in [1.807, 2.05) is 26.0 Å². The van der Waals surface area contributed by atoms with Crippen LogP contribution >= 0.6 is 23.1 Å². The smallest absolute Gasteiger partial charge is 0.210 e. The van der Waals surface area contributed by atoms with Gasteiger partial charge in [0.1, 0.15) is 5.76 Å². The SMILES string of the molecule is Cc1ccc(Nc2nnc(SCc3c(C)noc3C)s2)cc1. The number of nitrogens with one attached hydrogen (secondary N) is 1. The molecule has 0 radical (unpaired) electrons. The van der Waals surface area contributed by atoms with Crippen LogP contribution in [0, 0.1) is 20.8 Å². The van der Waals surface area contributed by atoms with Gasteiger partial charge in [-0.15, -0.1) is 10.2 Å². The topological polar surface area (TPSA) is 63.8 Å². The van der Waals surface area contributed by atoms with Gasteiger partial charge in [0.25, 0.3) is 0 Å². The first-order valence-electron chi connectivity index (χ1n) is 6.83. The second-order valence-corrected chi connectivity index (χ2v) is 7.16. The molecule has 0 amide bonds. The van der Waals surface area contributed by atoms with Gasteiger partial charge in [0, 0.05) is 17.0 Å². The molecule has 3 rings (SSSR count). The highest BCUT2D eigenvalue weighted by atomic mass is 32.2. The highest BCUT2D eigenvalue weighted by Gasteiger charge is 2.11. The number of thioether (sulfide) groups is 1. The summed E-state index contributed by atoms with van der Waals surface area (Å²) in [5.74, 6) is 1.66. The Bertz CT molecular complexity index is 745. The van der Waals surface area contributed by atoms with Crippen molar-refractivity contribution < 1.29 is 4.52 Å². The van der Waals surface area contributed by atoms with E-state index in [1.54, 1.807) is 23.1 Å². The zero-order valence-electron chi connectivity index (χ0n) is 12.6. The van der Waals surface area contributed by atoms with E-state index >= 15 is 0 Å². The van der Waals surface area contributed by atoms with Crippen LogP contribution < -0.4 is 5.32 Å². The van der Waals surface area contributed by atoms with Crippen molar-refractivity contribution in [3.05, 3.63) is 46.8 Å². The van der Waals surface area contributed by atoms with Gasteiger partial charge < -0.3 is 9.84 Å². The number of hydrogen-bond acceptors (Lipinski definition) is 7. The predicted molar refractivity (Wildman–Crippen MR) is 89.9 cm³/mol. The van der Waals surface area contributed by atoms with Crippen LogP contribution in [0.15, 0.2) is 33.1 Å². The quantitative estimate of drug-likeness (QED) is 0.695. The van der Waals surface area contributed by atoms with Gasteiger partial charge >= 0.3 is 0 Å². The molecule has 22 heavy (non-hydrogen) atoms. The number of aryl methyl sites for hydroxylation is 3. The third kappa shape index (κ3) is 3.48. The Balaban J connectivity index is 1.63. The Kier molecular flexibility index (Phi) is 4.44. The summed E-state index contributed by atoms with van der Waals surface area (Å²) in [7, 11) is 0. The maximum atomic E-state index is 5.17. The van der Waals surface area contributed by atoms with Crippen molar-refractivity contribution in [2.45, 2.75) is 30.9 Å². The molecule has 0 bridgehead atoms. The Morgan fingerprint density at radius 1 is 1.14 bits per heavy atom. The number of nitrogens with zero attached hydrogens (tertiary/aromatic N) is 3. The van der Waals surface area contributed by atoms with Crippen LogP contribution in [0.3, 0.4) is 0 Å². The minimum Gasteiger partial charge on any atom is -0.361 e. The summed E-state index contributed by atoms with van der Waals surface area (Å²) >= 11 is 3.19. The number of anilines is 2. The van der Waals surface area contributed by atoms with E-state index in [9.17, 15) is 0 Å². The Morgan fingerprint density at radius 3 is 2.59 bits per heavy atom.